The standard InChI is InChI=1S/C17H20N4O2S/c1-12-11-24-17(23)21(12)10-16(22)20(2)9-5-8-15-18-13-6-3-4-7-14(13)19-15/h3-4,6-7,11H,5,8-10H2,1-2H3,(H,18,19). The molecule has 1 aromatic carbocycles. The number of imidazole rings is 1. The molecule has 1 amide bonds. The molecule has 0 atom stereocenters. The molecule has 0 saturated heterocycles. The number of nitrogens with zero attached hydrogens (tertiary/aromatic N) is 3. The minimum atomic E-state index is -0.0866. The maximum atomic E-state index is 12.2. The molecule has 0 fully saturated rings. The SMILES string of the molecule is Cc1csc(=O)n1CC(=O)N(C)CCCc1nc2ccccc2[nH]1. The molecule has 2 aromatic heterocycles. The zero-order chi connectivity index (χ0) is 17.1. The lowest BCUT2D eigenvalue weighted by Gasteiger charge is -2.17. The molecule has 3 aromatic rings. The van der Waals surface area contributed by atoms with Crippen LogP contribution in [0.4, 0.5) is 0 Å². The molecular weight excluding hydrogens is 324 g/mol. The molecule has 7 heteroatoms. The van der Waals surface area contributed by atoms with Gasteiger partial charge in [-0.1, -0.05) is 23.5 Å². The monoisotopic (exact) mass is 344 g/mol. The third kappa shape index (κ3) is 3.56. The summed E-state index contributed by atoms with van der Waals surface area (Å²) in [5.41, 5.74) is 2.82. The first-order valence-electron chi connectivity index (χ1n) is 7.87. The lowest BCUT2D eigenvalue weighted by molar-refractivity contribution is -0.130. The summed E-state index contributed by atoms with van der Waals surface area (Å²) < 4.78 is 1.52. The van der Waals surface area contributed by atoms with Gasteiger partial charge in [0.05, 0.1) is 11.0 Å². The van der Waals surface area contributed by atoms with Crippen molar-refractivity contribution in [2.24, 2.45) is 0 Å². The van der Waals surface area contributed by atoms with Crippen LogP contribution >= 0.6 is 11.3 Å². The van der Waals surface area contributed by atoms with Crippen LogP contribution in [-0.4, -0.2) is 38.9 Å². The molecule has 126 valence electrons. The number of fused-ring (bicyclic) bond motifs is 1. The van der Waals surface area contributed by atoms with Crippen LogP contribution in [0.5, 0.6) is 0 Å². The van der Waals surface area contributed by atoms with E-state index in [0.717, 1.165) is 46.7 Å². The Balaban J connectivity index is 1.52. The topological polar surface area (TPSA) is 71.0 Å². The predicted octanol–water partition coefficient (Wildman–Crippen LogP) is 2.19. The highest BCUT2D eigenvalue weighted by Crippen LogP contribution is 2.11. The lowest BCUT2D eigenvalue weighted by atomic mass is 10.3. The summed E-state index contributed by atoms with van der Waals surface area (Å²) in [6.07, 6.45) is 1.60. The number of rotatable bonds is 6. The van der Waals surface area contributed by atoms with Gasteiger partial charge in [-0.3, -0.25) is 14.2 Å². The summed E-state index contributed by atoms with van der Waals surface area (Å²) in [5, 5.41) is 1.77. The number of aromatic amines is 1. The van der Waals surface area contributed by atoms with E-state index in [1.54, 1.807) is 17.3 Å². The smallest absolute Gasteiger partial charge is 0.307 e. The fraction of sp³-hybridized carbons (Fsp3) is 0.353. The Morgan fingerprint density at radius 2 is 2.17 bits per heavy atom. The minimum Gasteiger partial charge on any atom is -0.344 e. The van der Waals surface area contributed by atoms with Gasteiger partial charge in [0, 0.05) is 31.1 Å². The largest absolute Gasteiger partial charge is 0.344 e. The summed E-state index contributed by atoms with van der Waals surface area (Å²) in [4.78, 5) is 33.3. The maximum absolute atomic E-state index is 12.2. The van der Waals surface area contributed by atoms with Gasteiger partial charge in [-0.05, 0) is 25.5 Å². The fourth-order valence-electron chi connectivity index (χ4n) is 2.58. The number of hydrogen-bond donors (Lipinski definition) is 1. The number of hydrogen-bond acceptors (Lipinski definition) is 4. The van der Waals surface area contributed by atoms with Crippen molar-refractivity contribution in [2.45, 2.75) is 26.3 Å². The van der Waals surface area contributed by atoms with Crippen LogP contribution in [0.25, 0.3) is 11.0 Å². The van der Waals surface area contributed by atoms with Gasteiger partial charge < -0.3 is 9.88 Å². The number of thiazole rings is 1. The molecule has 0 radical (unpaired) electrons. The normalized spacial score (nSPS) is 11.1. The second-order valence-electron chi connectivity index (χ2n) is 5.85. The second kappa shape index (κ2) is 7.00. The summed E-state index contributed by atoms with van der Waals surface area (Å²) in [7, 11) is 1.77. The number of likely N-dealkylation sites (N-methyl/N-ethyl adjacent to an activating group) is 1. The highest BCUT2D eigenvalue weighted by Gasteiger charge is 2.13. The van der Waals surface area contributed by atoms with Crippen molar-refractivity contribution >= 4 is 28.3 Å². The number of nitrogens with one attached hydrogen (secondary N) is 1. The van der Waals surface area contributed by atoms with Crippen LogP contribution in [0.2, 0.25) is 0 Å². The van der Waals surface area contributed by atoms with Gasteiger partial charge in [-0.2, -0.15) is 0 Å². The Morgan fingerprint density at radius 1 is 1.38 bits per heavy atom. The first-order chi connectivity index (χ1) is 11.5. The Morgan fingerprint density at radius 3 is 2.88 bits per heavy atom. The average Bonchev–Trinajstić information content (AvgIpc) is 3.12. The van der Waals surface area contributed by atoms with Crippen LogP contribution < -0.4 is 4.87 Å². The van der Waals surface area contributed by atoms with Crippen LogP contribution in [0.1, 0.15) is 17.9 Å². The van der Waals surface area contributed by atoms with E-state index in [-0.39, 0.29) is 17.3 Å². The van der Waals surface area contributed by atoms with Gasteiger partial charge in [0.1, 0.15) is 12.4 Å². The van der Waals surface area contributed by atoms with Crippen molar-refractivity contribution in [1.82, 2.24) is 19.4 Å². The van der Waals surface area contributed by atoms with Gasteiger partial charge in [-0.15, -0.1) is 0 Å². The molecule has 3 rings (SSSR count). The van der Waals surface area contributed by atoms with Crippen molar-refractivity contribution in [3.05, 3.63) is 50.8 Å². The number of aryl methyl sites for hydroxylation is 2. The van der Waals surface area contributed by atoms with E-state index in [0.29, 0.717) is 6.54 Å². The fourth-order valence-corrected chi connectivity index (χ4v) is 3.32. The molecule has 0 unspecified atom stereocenters. The van der Waals surface area contributed by atoms with E-state index >= 15 is 0 Å². The summed E-state index contributed by atoms with van der Waals surface area (Å²) in [6, 6.07) is 7.92. The van der Waals surface area contributed by atoms with E-state index in [2.05, 4.69) is 9.97 Å². The van der Waals surface area contributed by atoms with Crippen molar-refractivity contribution in [3.63, 3.8) is 0 Å². The zero-order valence-corrected chi connectivity index (χ0v) is 14.6. The van der Waals surface area contributed by atoms with E-state index < -0.39 is 0 Å². The Hall–Kier alpha value is -2.41. The van der Waals surface area contributed by atoms with E-state index in [4.69, 9.17) is 0 Å². The molecule has 0 aliphatic rings. The van der Waals surface area contributed by atoms with Crippen LogP contribution in [0, 0.1) is 6.92 Å². The number of aromatic nitrogens is 3. The van der Waals surface area contributed by atoms with Crippen molar-refractivity contribution in [1.29, 1.82) is 0 Å². The Labute approximate surface area is 143 Å². The zero-order valence-electron chi connectivity index (χ0n) is 13.8. The average molecular weight is 344 g/mol. The molecular formula is C17H20N4O2S. The van der Waals surface area contributed by atoms with E-state index in [9.17, 15) is 9.59 Å². The minimum absolute atomic E-state index is 0.0526. The number of carbonyl (C=O) groups is 1. The maximum Gasteiger partial charge on any atom is 0.307 e. The molecule has 6 nitrogen and oxygen atoms in total. The Kier molecular flexibility index (Phi) is 4.80. The number of benzene rings is 1. The first-order valence-corrected chi connectivity index (χ1v) is 8.75. The van der Waals surface area contributed by atoms with Crippen molar-refractivity contribution < 1.29 is 4.79 Å². The van der Waals surface area contributed by atoms with Gasteiger partial charge in [0.25, 0.3) is 0 Å². The highest BCUT2D eigenvalue weighted by atomic mass is 32.1. The van der Waals surface area contributed by atoms with Gasteiger partial charge in [0.15, 0.2) is 0 Å². The molecule has 0 saturated carbocycles. The van der Waals surface area contributed by atoms with Crippen molar-refractivity contribution in [2.75, 3.05) is 13.6 Å². The van der Waals surface area contributed by atoms with Gasteiger partial charge in [0.2, 0.25) is 5.91 Å². The molecule has 0 aliphatic heterocycles. The van der Waals surface area contributed by atoms with E-state index in [1.165, 1.54) is 4.57 Å². The first kappa shape index (κ1) is 16.4. The van der Waals surface area contributed by atoms with Gasteiger partial charge in [-0.25, -0.2) is 4.98 Å². The molecule has 2 heterocycles. The molecule has 1 N–H and O–H groups in total. The van der Waals surface area contributed by atoms with Crippen LogP contribution in [0.15, 0.2) is 34.4 Å². The van der Waals surface area contributed by atoms with Crippen LogP contribution in [0.3, 0.4) is 0 Å². The summed E-state index contributed by atoms with van der Waals surface area (Å²) >= 11 is 1.13. The molecule has 0 aliphatic carbocycles. The molecule has 24 heavy (non-hydrogen) atoms. The molecule has 0 bridgehead atoms. The lowest BCUT2D eigenvalue weighted by Crippen LogP contribution is -2.33. The Bertz CT molecular complexity index is 876. The predicted molar refractivity (Wildman–Crippen MR) is 95.4 cm³/mol. The molecule has 0 spiro atoms. The number of para-hydroxylation sites is 2. The van der Waals surface area contributed by atoms with Crippen molar-refractivity contribution in [3.8, 4) is 0 Å². The number of carbonyl (C=O) groups excluding carboxylic acids is 1. The van der Waals surface area contributed by atoms with E-state index in [1.807, 2.05) is 31.2 Å². The third-order valence-corrected chi connectivity index (χ3v) is 4.92. The number of H-pyrrole nitrogens is 1. The van der Waals surface area contributed by atoms with Gasteiger partial charge >= 0.3 is 4.87 Å². The summed E-state index contributed by atoms with van der Waals surface area (Å²) in [5.74, 6) is 0.880. The third-order valence-electron chi connectivity index (χ3n) is 4.04. The van der Waals surface area contributed by atoms with Crippen LogP contribution in [-0.2, 0) is 17.8 Å². The summed E-state index contributed by atoms with van der Waals surface area (Å²) in [6.45, 7) is 2.58. The number of amides is 1. The highest BCUT2D eigenvalue weighted by molar-refractivity contribution is 7.07. The second-order valence-corrected chi connectivity index (χ2v) is 6.67. The quantitative estimate of drug-likeness (QED) is 0.745.